The Kier molecular flexibility index (Phi) is 3.13. The highest BCUT2D eigenvalue weighted by atomic mass is 32.1. The van der Waals surface area contributed by atoms with Crippen molar-refractivity contribution in [3.63, 3.8) is 0 Å². The molecule has 0 radical (unpaired) electrons. The maximum atomic E-state index is 5.72. The highest BCUT2D eigenvalue weighted by Crippen LogP contribution is 2.40. The summed E-state index contributed by atoms with van der Waals surface area (Å²) in [7, 11) is 0. The van der Waals surface area contributed by atoms with Crippen LogP contribution in [0.3, 0.4) is 0 Å². The van der Waals surface area contributed by atoms with Crippen LogP contribution in [-0.2, 0) is 12.8 Å². The van der Waals surface area contributed by atoms with Crippen molar-refractivity contribution in [3.05, 3.63) is 77.4 Å². The third-order valence-electron chi connectivity index (χ3n) is 4.60. The Labute approximate surface area is 144 Å². The van der Waals surface area contributed by atoms with Crippen molar-refractivity contribution in [3.8, 4) is 33.2 Å². The molecule has 4 aromatic rings. The molecule has 0 aliphatic heterocycles. The zero-order valence-corrected chi connectivity index (χ0v) is 13.8. The third kappa shape index (κ3) is 2.13. The molecule has 3 heterocycles. The van der Waals surface area contributed by atoms with Crippen LogP contribution in [0.15, 0.2) is 70.7 Å². The van der Waals surface area contributed by atoms with Crippen LogP contribution >= 0.6 is 11.3 Å². The van der Waals surface area contributed by atoms with Crippen molar-refractivity contribution in [1.29, 1.82) is 0 Å². The van der Waals surface area contributed by atoms with Gasteiger partial charge < -0.3 is 4.42 Å². The number of aryl methyl sites for hydroxylation is 1. The maximum absolute atomic E-state index is 5.72. The summed E-state index contributed by atoms with van der Waals surface area (Å²) in [6, 6.07) is 19.0. The van der Waals surface area contributed by atoms with Gasteiger partial charge >= 0.3 is 0 Å². The average Bonchev–Trinajstić information content (AvgIpc) is 3.34. The quantitative estimate of drug-likeness (QED) is 0.462. The molecule has 24 heavy (non-hydrogen) atoms. The molecule has 116 valence electrons. The van der Waals surface area contributed by atoms with Crippen molar-refractivity contribution in [2.24, 2.45) is 0 Å². The van der Waals surface area contributed by atoms with Gasteiger partial charge in [-0.2, -0.15) is 0 Å². The number of aromatic nitrogens is 1. The van der Waals surface area contributed by atoms with Gasteiger partial charge in [-0.3, -0.25) is 0 Å². The molecule has 0 unspecified atom stereocenters. The summed E-state index contributed by atoms with van der Waals surface area (Å²) in [4.78, 5) is 6.22. The molecule has 0 atom stereocenters. The molecule has 0 N–H and O–H groups in total. The van der Waals surface area contributed by atoms with E-state index in [1.807, 2.05) is 12.1 Å². The summed E-state index contributed by atoms with van der Waals surface area (Å²) in [6.07, 6.45) is 3.79. The van der Waals surface area contributed by atoms with E-state index in [2.05, 4.69) is 47.8 Å². The minimum atomic E-state index is 0.922. The number of pyridine rings is 1. The van der Waals surface area contributed by atoms with Gasteiger partial charge in [0.25, 0.3) is 0 Å². The lowest BCUT2D eigenvalue weighted by Crippen LogP contribution is -2.08. The zero-order chi connectivity index (χ0) is 15.9. The van der Waals surface area contributed by atoms with Crippen LogP contribution in [0.2, 0.25) is 0 Å². The summed E-state index contributed by atoms with van der Waals surface area (Å²) in [5, 5.41) is 2.09. The SMILES string of the molecule is c1coc(-c2cc(-c3cccs3)nc3c2CCc2ccccc2-3)c1. The van der Waals surface area contributed by atoms with Gasteiger partial charge in [0.15, 0.2) is 0 Å². The Morgan fingerprint density at radius 3 is 2.71 bits per heavy atom. The van der Waals surface area contributed by atoms with E-state index in [1.165, 1.54) is 27.1 Å². The van der Waals surface area contributed by atoms with Gasteiger partial charge in [0.05, 0.1) is 22.5 Å². The van der Waals surface area contributed by atoms with Crippen LogP contribution in [0.25, 0.3) is 33.2 Å². The Morgan fingerprint density at radius 2 is 1.88 bits per heavy atom. The summed E-state index contributed by atoms with van der Waals surface area (Å²) in [6.45, 7) is 0. The van der Waals surface area contributed by atoms with Crippen molar-refractivity contribution >= 4 is 11.3 Å². The highest BCUT2D eigenvalue weighted by molar-refractivity contribution is 7.13. The van der Waals surface area contributed by atoms with E-state index < -0.39 is 0 Å². The largest absolute Gasteiger partial charge is 0.464 e. The lowest BCUT2D eigenvalue weighted by atomic mass is 9.85. The number of thiophene rings is 1. The molecule has 3 aromatic heterocycles. The summed E-state index contributed by atoms with van der Waals surface area (Å²) < 4.78 is 5.72. The molecule has 5 rings (SSSR count). The van der Waals surface area contributed by atoms with E-state index in [0.717, 1.165) is 30.0 Å². The molecule has 0 amide bonds. The second-order valence-corrected chi connectivity index (χ2v) is 6.94. The van der Waals surface area contributed by atoms with Crippen molar-refractivity contribution in [2.45, 2.75) is 12.8 Å². The van der Waals surface area contributed by atoms with E-state index in [-0.39, 0.29) is 0 Å². The highest BCUT2D eigenvalue weighted by Gasteiger charge is 2.23. The summed E-state index contributed by atoms with van der Waals surface area (Å²) in [5.74, 6) is 0.922. The Balaban J connectivity index is 1.82. The van der Waals surface area contributed by atoms with Gasteiger partial charge in [-0.15, -0.1) is 11.3 Å². The van der Waals surface area contributed by atoms with Crippen molar-refractivity contribution in [1.82, 2.24) is 4.98 Å². The molecular formula is C21H15NOS. The molecule has 0 fully saturated rings. The molecule has 0 spiro atoms. The summed E-state index contributed by atoms with van der Waals surface area (Å²) >= 11 is 1.72. The number of hydrogen-bond donors (Lipinski definition) is 0. The van der Waals surface area contributed by atoms with E-state index in [0.29, 0.717) is 0 Å². The first kappa shape index (κ1) is 13.8. The smallest absolute Gasteiger partial charge is 0.134 e. The molecule has 1 aliphatic rings. The van der Waals surface area contributed by atoms with Crippen LogP contribution in [0.1, 0.15) is 11.1 Å². The number of benzene rings is 1. The molecule has 0 bridgehead atoms. The Hall–Kier alpha value is -2.65. The molecule has 2 nitrogen and oxygen atoms in total. The zero-order valence-electron chi connectivity index (χ0n) is 13.0. The second-order valence-electron chi connectivity index (χ2n) is 5.99. The van der Waals surface area contributed by atoms with Crippen molar-refractivity contribution < 1.29 is 4.42 Å². The minimum Gasteiger partial charge on any atom is -0.464 e. The third-order valence-corrected chi connectivity index (χ3v) is 5.49. The van der Waals surface area contributed by atoms with Gasteiger partial charge in [0.2, 0.25) is 0 Å². The van der Waals surface area contributed by atoms with Gasteiger partial charge in [-0.25, -0.2) is 4.98 Å². The predicted molar refractivity (Wildman–Crippen MR) is 98.1 cm³/mol. The molecule has 0 saturated carbocycles. The van der Waals surface area contributed by atoms with E-state index in [9.17, 15) is 0 Å². The molecular weight excluding hydrogens is 314 g/mol. The molecule has 0 saturated heterocycles. The number of hydrogen-bond acceptors (Lipinski definition) is 3. The number of rotatable bonds is 2. The summed E-state index contributed by atoms with van der Waals surface area (Å²) in [5.41, 5.74) is 7.23. The van der Waals surface area contributed by atoms with E-state index in [1.54, 1.807) is 17.6 Å². The number of nitrogens with zero attached hydrogens (tertiary/aromatic N) is 1. The molecule has 3 heteroatoms. The van der Waals surface area contributed by atoms with Crippen LogP contribution in [0, 0.1) is 0 Å². The normalized spacial score (nSPS) is 12.7. The predicted octanol–water partition coefficient (Wildman–Crippen LogP) is 5.84. The van der Waals surface area contributed by atoms with Crippen LogP contribution in [-0.4, -0.2) is 4.98 Å². The maximum Gasteiger partial charge on any atom is 0.134 e. The number of furan rings is 1. The average molecular weight is 329 g/mol. The van der Waals surface area contributed by atoms with Crippen LogP contribution in [0.4, 0.5) is 0 Å². The fourth-order valence-corrected chi connectivity index (χ4v) is 4.16. The fourth-order valence-electron chi connectivity index (χ4n) is 3.48. The fraction of sp³-hybridized carbons (Fsp3) is 0.0952. The first-order valence-corrected chi connectivity index (χ1v) is 8.98. The minimum absolute atomic E-state index is 0.922. The van der Waals surface area contributed by atoms with Gasteiger partial charge in [-0.1, -0.05) is 30.3 Å². The first-order chi connectivity index (χ1) is 11.9. The van der Waals surface area contributed by atoms with Gasteiger partial charge in [0.1, 0.15) is 5.76 Å². The monoisotopic (exact) mass is 329 g/mol. The number of fused-ring (bicyclic) bond motifs is 3. The van der Waals surface area contributed by atoms with E-state index >= 15 is 0 Å². The lowest BCUT2D eigenvalue weighted by molar-refractivity contribution is 0.581. The lowest BCUT2D eigenvalue weighted by Gasteiger charge is -2.22. The van der Waals surface area contributed by atoms with E-state index in [4.69, 9.17) is 9.40 Å². The van der Waals surface area contributed by atoms with Crippen molar-refractivity contribution in [2.75, 3.05) is 0 Å². The first-order valence-electron chi connectivity index (χ1n) is 8.10. The van der Waals surface area contributed by atoms with Crippen LogP contribution < -0.4 is 0 Å². The molecule has 1 aromatic carbocycles. The van der Waals surface area contributed by atoms with Crippen LogP contribution in [0.5, 0.6) is 0 Å². The molecule has 1 aliphatic carbocycles. The topological polar surface area (TPSA) is 26.0 Å². The van der Waals surface area contributed by atoms with Gasteiger partial charge in [0, 0.05) is 11.1 Å². The Morgan fingerprint density at radius 1 is 0.917 bits per heavy atom. The standard InChI is InChI=1S/C21H15NOS/c1-2-6-15-14(5-1)9-10-16-17(19-7-3-11-23-19)13-18(22-21(15)16)20-8-4-12-24-20/h1-8,11-13H,9-10H2. The second kappa shape index (κ2) is 5.46. The Bertz CT molecular complexity index is 1000. The van der Waals surface area contributed by atoms with Gasteiger partial charge in [-0.05, 0) is 53.6 Å².